The van der Waals surface area contributed by atoms with Crippen LogP contribution in [0.2, 0.25) is 0 Å². The number of hydrogen-bond donors (Lipinski definition) is 4. The fourth-order valence-corrected chi connectivity index (χ4v) is 3.35. The summed E-state index contributed by atoms with van der Waals surface area (Å²) in [5.41, 5.74) is 6.35. The second-order valence-corrected chi connectivity index (χ2v) is 6.93. The number of aliphatic hydroxyl groups excluding tert-OH is 1. The highest BCUT2D eigenvalue weighted by Crippen LogP contribution is 2.38. The molecule has 1 aromatic rings. The molecule has 0 radical (unpaired) electrons. The first-order valence-corrected chi connectivity index (χ1v) is 9.38. The van der Waals surface area contributed by atoms with Crippen LogP contribution in [0, 0.1) is 0 Å². The number of aliphatic carboxylic acids is 1. The van der Waals surface area contributed by atoms with Gasteiger partial charge in [-0.15, -0.1) is 12.4 Å². The fourth-order valence-electron chi connectivity index (χ4n) is 3.07. The summed E-state index contributed by atoms with van der Waals surface area (Å²) in [5, 5.41) is 19.9. The molecule has 9 nitrogen and oxygen atoms in total. The van der Waals surface area contributed by atoms with E-state index in [-0.39, 0.29) is 28.6 Å². The second kappa shape index (κ2) is 12.5. The molecule has 1 fully saturated rings. The quantitative estimate of drug-likeness (QED) is 0.469. The number of fused-ring (bicyclic) bond motifs is 1. The van der Waals surface area contributed by atoms with Crippen molar-refractivity contribution >= 4 is 41.8 Å². The molecule has 0 bridgehead atoms. The minimum absolute atomic E-state index is 0. The molecule has 0 aliphatic carbocycles. The van der Waals surface area contributed by atoms with Crippen LogP contribution < -0.4 is 11.1 Å². The Morgan fingerprint density at radius 3 is 2.40 bits per heavy atom. The summed E-state index contributed by atoms with van der Waals surface area (Å²) >= 11 is 5.92. The second-order valence-electron chi connectivity index (χ2n) is 6.47. The molecule has 3 atom stereocenters. The van der Waals surface area contributed by atoms with E-state index in [1.54, 1.807) is 24.3 Å². The minimum Gasteiger partial charge on any atom is -0.477 e. The molecule has 2 aliphatic heterocycles. The maximum absolute atomic E-state index is 12.3. The number of carbonyl (C=O) groups excluding carboxylic acids is 2. The van der Waals surface area contributed by atoms with Crippen molar-refractivity contribution in [2.75, 3.05) is 6.61 Å². The molecule has 1 saturated heterocycles. The van der Waals surface area contributed by atoms with Gasteiger partial charge >= 0.3 is 5.97 Å². The highest BCUT2D eigenvalue weighted by atomic mass is 35.5. The van der Waals surface area contributed by atoms with Crippen LogP contribution >= 0.6 is 24.0 Å². The van der Waals surface area contributed by atoms with Crippen LogP contribution in [-0.4, -0.2) is 57.1 Å². The number of benzene rings is 1. The molecule has 30 heavy (non-hydrogen) atoms. The van der Waals surface area contributed by atoms with Crippen LogP contribution in [0.15, 0.2) is 41.1 Å². The maximum atomic E-state index is 12.3. The molecule has 1 aromatic carbocycles. The topological polar surface area (TPSA) is 164 Å². The number of carboxylic acid groups (broad SMARTS) is 1. The van der Waals surface area contributed by atoms with Crippen LogP contribution in [0.25, 0.3) is 0 Å². The number of halogens is 2. The van der Waals surface area contributed by atoms with Crippen molar-refractivity contribution in [3.05, 3.63) is 46.6 Å². The summed E-state index contributed by atoms with van der Waals surface area (Å²) in [5.74, 6) is -2.20. The average molecular weight is 464 g/mol. The van der Waals surface area contributed by atoms with Crippen molar-refractivity contribution in [1.82, 2.24) is 10.2 Å². The molecule has 0 unspecified atom stereocenters. The predicted octanol–water partition coefficient (Wildman–Crippen LogP) is 0.697. The Kier molecular flexibility index (Phi) is 11.6. The molecule has 3 rings (SSSR count). The lowest BCUT2D eigenvalue weighted by molar-refractivity contribution is -0.156. The summed E-state index contributed by atoms with van der Waals surface area (Å²) in [6.45, 7) is 2.25. The van der Waals surface area contributed by atoms with Crippen LogP contribution in [0.5, 0.6) is 0 Å². The van der Waals surface area contributed by atoms with Gasteiger partial charge in [-0.1, -0.05) is 48.9 Å². The van der Waals surface area contributed by atoms with E-state index in [2.05, 4.69) is 5.32 Å². The summed E-state index contributed by atoms with van der Waals surface area (Å²) in [6, 6.07) is 6.74. The third kappa shape index (κ3) is 5.93. The zero-order valence-electron chi connectivity index (χ0n) is 16.4. The third-order valence-electron chi connectivity index (χ3n) is 4.54. The number of allylic oxidation sites excluding steroid dienone is 1. The Bertz CT molecular complexity index is 773. The van der Waals surface area contributed by atoms with E-state index in [0.29, 0.717) is 25.0 Å². The summed E-state index contributed by atoms with van der Waals surface area (Å²) in [7, 11) is 0. The van der Waals surface area contributed by atoms with Gasteiger partial charge in [-0.3, -0.25) is 14.5 Å². The third-order valence-corrected chi connectivity index (χ3v) is 4.91. The molecule has 0 spiro atoms. The van der Waals surface area contributed by atoms with Crippen molar-refractivity contribution in [3.8, 4) is 0 Å². The first-order valence-electron chi connectivity index (χ1n) is 9.00. The number of nitrogens with one attached hydrogen (secondary N) is 1. The van der Waals surface area contributed by atoms with Gasteiger partial charge in [0.25, 0.3) is 5.91 Å². The summed E-state index contributed by atoms with van der Waals surface area (Å²) in [4.78, 5) is 37.0. The van der Waals surface area contributed by atoms with Crippen LogP contribution in [0.4, 0.5) is 0 Å². The van der Waals surface area contributed by atoms with Gasteiger partial charge in [-0.25, -0.2) is 4.79 Å². The number of hydrogen-bond acceptors (Lipinski definition) is 5. The Morgan fingerprint density at radius 1 is 1.33 bits per heavy atom. The average Bonchev–Trinajstić information content (AvgIpc) is 2.71. The molecular formula is C19H27Cl2N3O6. The number of amides is 2. The van der Waals surface area contributed by atoms with Crippen molar-refractivity contribution in [1.29, 1.82) is 0 Å². The highest BCUT2D eigenvalue weighted by molar-refractivity contribution is 6.32. The summed E-state index contributed by atoms with van der Waals surface area (Å²) < 4.78 is 0. The van der Waals surface area contributed by atoms with Gasteiger partial charge in [-0.2, -0.15) is 0 Å². The molecule has 0 saturated carbocycles. The molecule has 168 valence electrons. The normalized spacial score (nSPS) is 20.3. The number of carbonyl (C=O) groups is 3. The van der Waals surface area contributed by atoms with E-state index in [1.165, 1.54) is 0 Å². The monoisotopic (exact) mass is 463 g/mol. The zero-order chi connectivity index (χ0) is 20.8. The van der Waals surface area contributed by atoms with Gasteiger partial charge in [0.15, 0.2) is 0 Å². The first kappa shape index (κ1) is 27.8. The number of β-lactam (4-membered cyclic amide) rings is 1. The fraction of sp³-hybridized carbons (Fsp3) is 0.421. The van der Waals surface area contributed by atoms with Gasteiger partial charge in [0, 0.05) is 11.6 Å². The van der Waals surface area contributed by atoms with Gasteiger partial charge in [0.05, 0.1) is 6.04 Å². The van der Waals surface area contributed by atoms with Gasteiger partial charge < -0.3 is 26.7 Å². The maximum Gasteiger partial charge on any atom is 0.353 e. The Labute approximate surface area is 185 Å². The molecule has 2 amide bonds. The molecule has 7 N–H and O–H groups in total. The van der Waals surface area contributed by atoms with Gasteiger partial charge in [0.2, 0.25) is 5.91 Å². The van der Waals surface area contributed by atoms with Crippen molar-refractivity contribution in [2.24, 2.45) is 5.73 Å². The number of aliphatic hydroxyl groups is 1. The van der Waals surface area contributed by atoms with Crippen molar-refractivity contribution in [2.45, 2.75) is 44.3 Å². The lowest BCUT2D eigenvalue weighted by Crippen LogP contribution is -2.72. The number of nitrogens with zero attached hydrogens (tertiary/aromatic N) is 1. The number of rotatable bonds is 5. The SMILES string of the molecule is CCCO.Cl.N[C@@H](C(=O)N[C@@H]1C(=O)N2C(C(=O)O)=C(Cl)CC[C@H]12)c1ccccc1.O. The standard InChI is InChI=1S/C16H16ClN3O4.C3H8O.ClH.H2O/c17-9-6-7-10-12(15(22)20(10)13(9)16(23)24)19-14(21)11(18)8-4-2-1-3-5-8;1-2-3-4;;/h1-5,10-12H,6-7,18H2,(H,19,21)(H,23,24);4H,2-3H2,1H3;1H;1H2/t10-,11-,12+;;;/m1.../s1. The largest absolute Gasteiger partial charge is 0.477 e. The van der Waals surface area contributed by atoms with E-state index in [1.807, 2.05) is 13.0 Å². The van der Waals surface area contributed by atoms with Crippen LogP contribution in [-0.2, 0) is 14.4 Å². The predicted molar refractivity (Wildman–Crippen MR) is 114 cm³/mol. The Hall–Kier alpha value is -2.17. The van der Waals surface area contributed by atoms with Crippen LogP contribution in [0.1, 0.15) is 37.8 Å². The lowest BCUT2D eigenvalue weighted by atomic mass is 9.86. The molecule has 11 heteroatoms. The van der Waals surface area contributed by atoms with Gasteiger partial charge in [0.1, 0.15) is 17.8 Å². The molecule has 0 aromatic heterocycles. The Balaban J connectivity index is 0.00000129. The van der Waals surface area contributed by atoms with E-state index in [9.17, 15) is 19.5 Å². The van der Waals surface area contributed by atoms with E-state index < -0.39 is 35.9 Å². The molecule has 2 aliphatic rings. The minimum atomic E-state index is -1.25. The highest BCUT2D eigenvalue weighted by Gasteiger charge is 2.53. The number of carboxylic acids is 1. The van der Waals surface area contributed by atoms with Crippen LogP contribution in [0.3, 0.4) is 0 Å². The van der Waals surface area contributed by atoms with Crippen molar-refractivity contribution in [3.63, 3.8) is 0 Å². The number of nitrogens with two attached hydrogens (primary N) is 1. The Morgan fingerprint density at radius 2 is 1.90 bits per heavy atom. The molecule has 2 heterocycles. The van der Waals surface area contributed by atoms with E-state index in [4.69, 9.17) is 22.4 Å². The smallest absolute Gasteiger partial charge is 0.353 e. The summed E-state index contributed by atoms with van der Waals surface area (Å²) in [6.07, 6.45) is 1.72. The lowest BCUT2D eigenvalue weighted by Gasteiger charge is -2.49. The first-order chi connectivity index (χ1) is 13.3. The van der Waals surface area contributed by atoms with Crippen molar-refractivity contribution < 1.29 is 30.1 Å². The molecular weight excluding hydrogens is 437 g/mol. The van der Waals surface area contributed by atoms with E-state index in [0.717, 1.165) is 11.3 Å². The van der Waals surface area contributed by atoms with Gasteiger partial charge in [-0.05, 0) is 24.8 Å². The van der Waals surface area contributed by atoms with E-state index >= 15 is 0 Å². The zero-order valence-corrected chi connectivity index (χ0v) is 17.9.